The number of hydrogen-bond donors (Lipinski definition) is 0. The van der Waals surface area contributed by atoms with Crippen LogP contribution in [0.25, 0.3) is 0 Å². The highest BCUT2D eigenvalue weighted by atomic mass is 16.3. The number of hydrogen-bond acceptors (Lipinski definition) is 3. The minimum absolute atomic E-state index is 0.128. The van der Waals surface area contributed by atoms with E-state index in [2.05, 4.69) is 42.4 Å². The third kappa shape index (κ3) is 4.01. The summed E-state index contributed by atoms with van der Waals surface area (Å²) in [6, 6.07) is 18.4. The minimum Gasteiger partial charge on any atom is -0.345 e. The molecule has 1 fully saturated rings. The zero-order valence-electron chi connectivity index (χ0n) is 15.5. The molecule has 4 heteroatoms. The molecule has 1 saturated heterocycles. The van der Waals surface area contributed by atoms with Crippen molar-refractivity contribution in [2.45, 2.75) is 38.1 Å². The first-order valence-corrected chi connectivity index (χ1v) is 9.27. The standard InChI is InChI=1S/C22H26N2O2/c1-16-8-6-7-11-19(16)20(17-9-4-3-5-10-17)14-21(23-26)18-12-13-22(25)24(2)15-18/h3-11,18,20-21H,12-15H2,1-2H3/t18-,20-,21?/m1/s1. The number of amides is 1. The van der Waals surface area contributed by atoms with Crippen LogP contribution in [0, 0.1) is 17.7 Å². The van der Waals surface area contributed by atoms with Crippen molar-refractivity contribution >= 4 is 5.91 Å². The number of benzene rings is 2. The van der Waals surface area contributed by atoms with E-state index in [-0.39, 0.29) is 23.8 Å². The molecule has 26 heavy (non-hydrogen) atoms. The molecule has 1 aliphatic rings. The van der Waals surface area contributed by atoms with Crippen molar-refractivity contribution in [2.24, 2.45) is 11.1 Å². The fourth-order valence-electron chi connectivity index (χ4n) is 4.03. The summed E-state index contributed by atoms with van der Waals surface area (Å²) in [5.41, 5.74) is 3.67. The van der Waals surface area contributed by atoms with Crippen LogP contribution in [0.15, 0.2) is 59.8 Å². The summed E-state index contributed by atoms with van der Waals surface area (Å²) in [6.45, 7) is 2.73. The number of carbonyl (C=O) groups is 1. The molecule has 0 saturated carbocycles. The first-order chi connectivity index (χ1) is 12.6. The molecule has 2 aromatic rings. The van der Waals surface area contributed by atoms with Gasteiger partial charge in [0.1, 0.15) is 0 Å². The number of carbonyl (C=O) groups excluding carboxylic acids is 1. The molecule has 0 N–H and O–H groups in total. The number of nitroso groups, excluding NO2 is 1. The highest BCUT2D eigenvalue weighted by molar-refractivity contribution is 5.76. The molecule has 0 spiro atoms. The molecule has 3 atom stereocenters. The molecule has 3 rings (SSSR count). The van der Waals surface area contributed by atoms with Gasteiger partial charge in [0.05, 0.1) is 6.04 Å². The number of nitrogens with zero attached hydrogens (tertiary/aromatic N) is 2. The van der Waals surface area contributed by atoms with Crippen molar-refractivity contribution in [1.29, 1.82) is 0 Å². The SMILES string of the molecule is Cc1ccccc1[C@H](CC(N=O)[C@@H]1CCC(=O)N(C)C1)c1ccccc1. The molecule has 1 heterocycles. The maximum atomic E-state index is 11.8. The van der Waals surface area contributed by atoms with Crippen molar-refractivity contribution in [2.75, 3.05) is 13.6 Å². The van der Waals surface area contributed by atoms with E-state index in [0.29, 0.717) is 19.4 Å². The second-order valence-corrected chi connectivity index (χ2v) is 7.30. The first kappa shape index (κ1) is 18.3. The summed E-state index contributed by atoms with van der Waals surface area (Å²) in [7, 11) is 1.81. The van der Waals surface area contributed by atoms with Crippen molar-refractivity contribution < 1.29 is 4.79 Å². The van der Waals surface area contributed by atoms with Gasteiger partial charge in [-0.25, -0.2) is 0 Å². The van der Waals surface area contributed by atoms with Gasteiger partial charge in [-0.05, 0) is 36.5 Å². The van der Waals surface area contributed by atoms with Crippen LogP contribution in [0.1, 0.15) is 41.9 Å². The van der Waals surface area contributed by atoms with Gasteiger partial charge >= 0.3 is 0 Å². The molecule has 0 bridgehead atoms. The molecule has 2 aromatic carbocycles. The van der Waals surface area contributed by atoms with Crippen molar-refractivity contribution in [3.63, 3.8) is 0 Å². The van der Waals surface area contributed by atoms with E-state index in [9.17, 15) is 9.70 Å². The Morgan fingerprint density at radius 1 is 1.12 bits per heavy atom. The Morgan fingerprint density at radius 3 is 2.46 bits per heavy atom. The van der Waals surface area contributed by atoms with E-state index >= 15 is 0 Å². The quantitative estimate of drug-likeness (QED) is 0.719. The van der Waals surface area contributed by atoms with E-state index in [4.69, 9.17) is 0 Å². The largest absolute Gasteiger partial charge is 0.345 e. The average Bonchev–Trinajstić information content (AvgIpc) is 2.67. The monoisotopic (exact) mass is 350 g/mol. The summed E-state index contributed by atoms with van der Waals surface area (Å²) in [5, 5.41) is 3.50. The van der Waals surface area contributed by atoms with Crippen LogP contribution in [0.2, 0.25) is 0 Å². The van der Waals surface area contributed by atoms with Gasteiger partial charge in [-0.1, -0.05) is 59.8 Å². The third-order valence-corrected chi connectivity index (χ3v) is 5.59. The number of likely N-dealkylation sites (tertiary alicyclic amines) is 1. The Labute approximate surface area is 155 Å². The molecule has 0 aromatic heterocycles. The van der Waals surface area contributed by atoms with Crippen LogP contribution in [-0.2, 0) is 4.79 Å². The number of aryl methyl sites for hydroxylation is 1. The maximum Gasteiger partial charge on any atom is 0.222 e. The highest BCUT2D eigenvalue weighted by Gasteiger charge is 2.32. The Kier molecular flexibility index (Phi) is 5.82. The van der Waals surface area contributed by atoms with Gasteiger partial charge in [-0.15, -0.1) is 0 Å². The summed E-state index contributed by atoms with van der Waals surface area (Å²) >= 11 is 0. The molecule has 0 aliphatic carbocycles. The predicted octanol–water partition coefficient (Wildman–Crippen LogP) is 4.52. The summed E-state index contributed by atoms with van der Waals surface area (Å²) in [6.07, 6.45) is 1.92. The van der Waals surface area contributed by atoms with Crippen LogP contribution >= 0.6 is 0 Å². The zero-order valence-corrected chi connectivity index (χ0v) is 15.5. The molecule has 0 radical (unpaired) electrons. The Bertz CT molecular complexity index is 760. The summed E-state index contributed by atoms with van der Waals surface area (Å²) < 4.78 is 0. The fraction of sp³-hybridized carbons (Fsp3) is 0.409. The average molecular weight is 350 g/mol. The molecular weight excluding hydrogens is 324 g/mol. The summed E-state index contributed by atoms with van der Waals surface area (Å²) in [4.78, 5) is 25.2. The van der Waals surface area contributed by atoms with Gasteiger partial charge in [0.15, 0.2) is 0 Å². The smallest absolute Gasteiger partial charge is 0.222 e. The molecule has 1 unspecified atom stereocenters. The highest BCUT2D eigenvalue weighted by Crippen LogP contribution is 2.35. The van der Waals surface area contributed by atoms with Crippen LogP contribution < -0.4 is 0 Å². The molecule has 1 aliphatic heterocycles. The second kappa shape index (κ2) is 8.26. The van der Waals surface area contributed by atoms with E-state index in [1.165, 1.54) is 16.7 Å². The van der Waals surface area contributed by atoms with Crippen LogP contribution in [0.3, 0.4) is 0 Å². The second-order valence-electron chi connectivity index (χ2n) is 7.30. The van der Waals surface area contributed by atoms with E-state index in [1.54, 1.807) is 4.90 Å². The van der Waals surface area contributed by atoms with E-state index in [1.807, 2.05) is 31.3 Å². The fourth-order valence-corrected chi connectivity index (χ4v) is 4.03. The van der Waals surface area contributed by atoms with Gasteiger partial charge in [-0.2, -0.15) is 4.91 Å². The lowest BCUT2D eigenvalue weighted by molar-refractivity contribution is -0.133. The molecular formula is C22H26N2O2. The molecule has 1 amide bonds. The summed E-state index contributed by atoms with van der Waals surface area (Å²) in [5.74, 6) is 0.415. The van der Waals surface area contributed by atoms with Crippen LogP contribution in [-0.4, -0.2) is 30.4 Å². The van der Waals surface area contributed by atoms with Crippen LogP contribution in [0.4, 0.5) is 0 Å². The van der Waals surface area contributed by atoms with Crippen molar-refractivity contribution in [3.05, 3.63) is 76.2 Å². The van der Waals surface area contributed by atoms with Crippen LogP contribution in [0.5, 0.6) is 0 Å². The van der Waals surface area contributed by atoms with Gasteiger partial charge in [0.2, 0.25) is 5.91 Å². The zero-order chi connectivity index (χ0) is 18.5. The lowest BCUT2D eigenvalue weighted by Crippen LogP contribution is -2.41. The van der Waals surface area contributed by atoms with Gasteiger partial charge in [-0.3, -0.25) is 4.79 Å². The van der Waals surface area contributed by atoms with Crippen molar-refractivity contribution in [1.82, 2.24) is 4.90 Å². The minimum atomic E-state index is -0.296. The van der Waals surface area contributed by atoms with Gasteiger partial charge in [0.25, 0.3) is 0 Å². The Balaban J connectivity index is 1.88. The van der Waals surface area contributed by atoms with Gasteiger partial charge in [0, 0.05) is 31.8 Å². The topological polar surface area (TPSA) is 49.7 Å². The lowest BCUT2D eigenvalue weighted by Gasteiger charge is -2.33. The first-order valence-electron chi connectivity index (χ1n) is 9.27. The normalized spacial score (nSPS) is 19.8. The maximum absolute atomic E-state index is 11.8. The number of rotatable bonds is 6. The van der Waals surface area contributed by atoms with Crippen molar-refractivity contribution in [3.8, 4) is 0 Å². The number of piperidine rings is 1. The van der Waals surface area contributed by atoms with Gasteiger partial charge < -0.3 is 4.90 Å². The molecule has 136 valence electrons. The van der Waals surface area contributed by atoms with E-state index < -0.39 is 0 Å². The predicted molar refractivity (Wildman–Crippen MR) is 104 cm³/mol. The lowest BCUT2D eigenvalue weighted by atomic mass is 9.79. The molecule has 4 nitrogen and oxygen atoms in total. The Hall–Kier alpha value is -2.49. The third-order valence-electron chi connectivity index (χ3n) is 5.59. The Morgan fingerprint density at radius 2 is 1.81 bits per heavy atom. The van der Waals surface area contributed by atoms with E-state index in [0.717, 1.165) is 6.42 Å².